The summed E-state index contributed by atoms with van der Waals surface area (Å²) in [5.41, 5.74) is 19.0. The molecule has 0 saturated heterocycles. The quantitative estimate of drug-likeness (QED) is 0.170. The first-order valence-electron chi connectivity index (χ1n) is 19.7. The van der Waals surface area contributed by atoms with Gasteiger partial charge < -0.3 is 4.90 Å². The second-order valence-corrected chi connectivity index (χ2v) is 17.5. The Morgan fingerprint density at radius 1 is 0.375 bits per heavy atom. The van der Waals surface area contributed by atoms with E-state index in [1.54, 1.807) is 0 Å². The Morgan fingerprint density at radius 2 is 0.893 bits per heavy atom. The Bertz CT molecular complexity index is 3050. The van der Waals surface area contributed by atoms with Crippen LogP contribution in [0.2, 0.25) is 0 Å². The fraction of sp³-hybridized carbons (Fsp3) is 0.111. The number of anilines is 3. The van der Waals surface area contributed by atoms with Gasteiger partial charge in [-0.1, -0.05) is 173 Å². The Kier molecular flexibility index (Phi) is 7.18. The predicted molar refractivity (Wildman–Crippen MR) is 240 cm³/mol. The summed E-state index contributed by atoms with van der Waals surface area (Å²) in [6.45, 7) is 9.49. The first kappa shape index (κ1) is 33.1. The summed E-state index contributed by atoms with van der Waals surface area (Å²) in [5.74, 6) is 0. The van der Waals surface area contributed by atoms with E-state index in [1.807, 2.05) is 11.3 Å². The number of benzene rings is 8. The van der Waals surface area contributed by atoms with Crippen LogP contribution >= 0.6 is 11.3 Å². The molecule has 1 nitrogen and oxygen atoms in total. The number of hydrogen-bond acceptors (Lipinski definition) is 2. The van der Waals surface area contributed by atoms with Crippen LogP contribution in [-0.2, 0) is 10.8 Å². The molecular formula is C54H41NS. The Morgan fingerprint density at radius 3 is 1.70 bits per heavy atom. The highest BCUT2D eigenvalue weighted by Gasteiger charge is 2.39. The number of hydrogen-bond donors (Lipinski definition) is 0. The number of fused-ring (bicyclic) bond motifs is 9. The summed E-state index contributed by atoms with van der Waals surface area (Å²) in [5, 5.41) is 2.62. The smallest absolute Gasteiger partial charge is 0.0543 e. The van der Waals surface area contributed by atoms with Gasteiger partial charge in [0.15, 0.2) is 0 Å². The minimum Gasteiger partial charge on any atom is -0.309 e. The van der Waals surface area contributed by atoms with Crippen LogP contribution in [0.5, 0.6) is 0 Å². The summed E-state index contributed by atoms with van der Waals surface area (Å²) in [6.07, 6.45) is 0. The third-order valence-corrected chi connectivity index (χ3v) is 13.9. The van der Waals surface area contributed by atoms with Gasteiger partial charge in [-0.15, -0.1) is 11.3 Å². The van der Waals surface area contributed by atoms with Crippen LogP contribution < -0.4 is 4.90 Å². The minimum absolute atomic E-state index is 0.0956. The molecule has 9 aromatic rings. The molecule has 0 amide bonds. The van der Waals surface area contributed by atoms with Gasteiger partial charge in [-0.05, 0) is 74.8 Å². The summed E-state index contributed by atoms with van der Waals surface area (Å²) >= 11 is 1.89. The van der Waals surface area contributed by atoms with Crippen molar-refractivity contribution in [2.45, 2.75) is 38.5 Å². The predicted octanol–water partition coefficient (Wildman–Crippen LogP) is 15.5. The van der Waals surface area contributed by atoms with Crippen LogP contribution in [0.25, 0.3) is 64.7 Å². The van der Waals surface area contributed by atoms with Crippen molar-refractivity contribution in [2.24, 2.45) is 0 Å². The van der Waals surface area contributed by atoms with Gasteiger partial charge in [-0.2, -0.15) is 0 Å². The standard InChI is InChI=1S/C54H41NS/c1-53(2)44-25-11-6-21-42(44)51-45(53)26-16-29-49(51)55(48-28-13-8-19-38(48)40-22-15-23-41-39-20-9-14-30-50(39)56-52(40)41)47-27-12-7-17-35(47)34-31-32-37-36-18-5-10-24-43(36)54(3,4)46(37)33-34/h5-33H,1-4H3. The lowest BCUT2D eigenvalue weighted by molar-refractivity contribution is 0.660. The molecule has 0 unspecified atom stereocenters. The second-order valence-electron chi connectivity index (χ2n) is 16.5. The molecule has 0 bridgehead atoms. The van der Waals surface area contributed by atoms with Gasteiger partial charge in [-0.3, -0.25) is 0 Å². The van der Waals surface area contributed by atoms with Crippen molar-refractivity contribution in [1.29, 1.82) is 0 Å². The Balaban J connectivity index is 1.20. The topological polar surface area (TPSA) is 3.24 Å². The zero-order valence-electron chi connectivity index (χ0n) is 32.1. The van der Waals surface area contributed by atoms with Crippen molar-refractivity contribution < 1.29 is 0 Å². The number of thiophene rings is 1. The first-order valence-corrected chi connectivity index (χ1v) is 20.5. The average Bonchev–Trinajstić information content (AvgIpc) is 3.81. The van der Waals surface area contributed by atoms with Crippen LogP contribution in [0.3, 0.4) is 0 Å². The lowest BCUT2D eigenvalue weighted by atomic mass is 9.81. The molecule has 2 heteroatoms. The second kappa shape index (κ2) is 12.1. The van der Waals surface area contributed by atoms with E-state index < -0.39 is 0 Å². The Labute approximate surface area is 333 Å². The van der Waals surface area contributed by atoms with Crippen molar-refractivity contribution in [1.82, 2.24) is 0 Å². The molecule has 2 aliphatic rings. The molecule has 1 heterocycles. The van der Waals surface area contributed by atoms with Crippen molar-refractivity contribution >= 4 is 48.6 Å². The van der Waals surface area contributed by atoms with Gasteiger partial charge in [0.2, 0.25) is 0 Å². The molecule has 0 fully saturated rings. The lowest BCUT2D eigenvalue weighted by Crippen LogP contribution is -2.17. The van der Waals surface area contributed by atoms with Gasteiger partial charge in [-0.25, -0.2) is 0 Å². The van der Waals surface area contributed by atoms with Gasteiger partial charge >= 0.3 is 0 Å². The molecule has 56 heavy (non-hydrogen) atoms. The minimum atomic E-state index is -0.129. The van der Waals surface area contributed by atoms with E-state index in [-0.39, 0.29) is 10.8 Å². The molecule has 268 valence electrons. The molecule has 2 aliphatic carbocycles. The van der Waals surface area contributed by atoms with E-state index in [9.17, 15) is 0 Å². The highest BCUT2D eigenvalue weighted by molar-refractivity contribution is 7.26. The summed E-state index contributed by atoms with van der Waals surface area (Å²) in [7, 11) is 0. The van der Waals surface area contributed by atoms with E-state index in [1.165, 1.54) is 92.6 Å². The third kappa shape index (κ3) is 4.66. The van der Waals surface area contributed by atoms with E-state index >= 15 is 0 Å². The first-order chi connectivity index (χ1) is 27.3. The fourth-order valence-electron chi connectivity index (χ4n) is 9.95. The molecule has 0 aliphatic heterocycles. The highest BCUT2D eigenvalue weighted by atomic mass is 32.1. The summed E-state index contributed by atoms with van der Waals surface area (Å²) in [4.78, 5) is 2.57. The fourth-order valence-corrected chi connectivity index (χ4v) is 11.2. The van der Waals surface area contributed by atoms with Crippen LogP contribution in [0.4, 0.5) is 17.1 Å². The monoisotopic (exact) mass is 735 g/mol. The maximum absolute atomic E-state index is 2.57. The maximum Gasteiger partial charge on any atom is 0.0543 e. The summed E-state index contributed by atoms with van der Waals surface area (Å²) < 4.78 is 2.63. The van der Waals surface area contributed by atoms with Crippen molar-refractivity contribution in [3.63, 3.8) is 0 Å². The molecule has 11 rings (SSSR count). The third-order valence-electron chi connectivity index (χ3n) is 12.7. The largest absolute Gasteiger partial charge is 0.309 e. The van der Waals surface area contributed by atoms with Gasteiger partial charge in [0.25, 0.3) is 0 Å². The van der Waals surface area contributed by atoms with Crippen LogP contribution in [0, 0.1) is 0 Å². The Hall–Kier alpha value is -6.22. The molecule has 0 N–H and O–H groups in total. The van der Waals surface area contributed by atoms with Crippen molar-refractivity contribution in [3.05, 3.63) is 198 Å². The van der Waals surface area contributed by atoms with Crippen molar-refractivity contribution in [3.8, 4) is 44.5 Å². The van der Waals surface area contributed by atoms with E-state index in [2.05, 4.69) is 209 Å². The molecular weight excluding hydrogens is 695 g/mol. The molecule has 1 aromatic heterocycles. The average molecular weight is 736 g/mol. The number of rotatable bonds is 5. The van der Waals surface area contributed by atoms with Crippen LogP contribution in [0.1, 0.15) is 49.9 Å². The molecule has 0 radical (unpaired) electrons. The van der Waals surface area contributed by atoms with Crippen molar-refractivity contribution in [2.75, 3.05) is 4.90 Å². The van der Waals surface area contributed by atoms with Gasteiger partial charge in [0.1, 0.15) is 0 Å². The summed E-state index contributed by atoms with van der Waals surface area (Å²) in [6, 6.07) is 65.8. The molecule has 0 saturated carbocycles. The molecule has 0 atom stereocenters. The van der Waals surface area contributed by atoms with E-state index in [4.69, 9.17) is 0 Å². The molecule has 8 aromatic carbocycles. The number of nitrogens with zero attached hydrogens (tertiary/aromatic N) is 1. The molecule has 0 spiro atoms. The lowest BCUT2D eigenvalue weighted by Gasteiger charge is -2.32. The zero-order valence-corrected chi connectivity index (χ0v) is 32.9. The maximum atomic E-state index is 2.57. The highest BCUT2D eigenvalue weighted by Crippen LogP contribution is 2.57. The van der Waals surface area contributed by atoms with E-state index in [0.29, 0.717) is 0 Å². The zero-order chi connectivity index (χ0) is 37.8. The SMILES string of the molecule is CC1(C)c2ccccc2-c2ccc(-c3ccccc3N(c3ccccc3-c3cccc4c3sc3ccccc34)c3cccc4c3-c3ccccc3C4(C)C)cc21. The van der Waals surface area contributed by atoms with Gasteiger partial charge in [0, 0.05) is 53.3 Å². The number of para-hydroxylation sites is 2. The normalized spacial score (nSPS) is 14.4. The van der Waals surface area contributed by atoms with E-state index in [0.717, 1.165) is 11.4 Å². The van der Waals surface area contributed by atoms with Crippen LogP contribution in [-0.4, -0.2) is 0 Å². The van der Waals surface area contributed by atoms with Gasteiger partial charge in [0.05, 0.1) is 17.1 Å². The van der Waals surface area contributed by atoms with Crippen LogP contribution in [0.15, 0.2) is 176 Å².